The van der Waals surface area contributed by atoms with Crippen molar-refractivity contribution in [1.82, 2.24) is 9.97 Å². The monoisotopic (exact) mass is 323 g/mol. The summed E-state index contributed by atoms with van der Waals surface area (Å²) in [5, 5.41) is 0. The Hall–Kier alpha value is -0.690. The molecule has 1 aromatic heterocycles. The van der Waals surface area contributed by atoms with Crippen molar-refractivity contribution >= 4 is 43.5 Å². The lowest BCUT2D eigenvalue weighted by molar-refractivity contribution is 0.0520. The van der Waals surface area contributed by atoms with Crippen LogP contribution >= 0.6 is 31.9 Å². The van der Waals surface area contributed by atoms with Crippen LogP contribution in [0.1, 0.15) is 17.4 Å². The first-order valence-electron chi connectivity index (χ1n) is 3.72. The summed E-state index contributed by atoms with van der Waals surface area (Å²) < 4.78 is 5.41. The van der Waals surface area contributed by atoms with Gasteiger partial charge in [0.05, 0.1) is 12.3 Å². The van der Waals surface area contributed by atoms with Crippen molar-refractivity contribution in [2.24, 2.45) is 0 Å². The molecule has 0 aliphatic rings. The number of carbonyl (C=O) groups excluding carboxylic acids is 1. The molecule has 1 heterocycles. The summed E-state index contributed by atoms with van der Waals surface area (Å²) in [6.07, 6.45) is 0. The molecule has 0 radical (unpaired) electrons. The van der Waals surface area contributed by atoms with Crippen LogP contribution in [0.5, 0.6) is 0 Å². The van der Waals surface area contributed by atoms with Crippen LogP contribution in [-0.4, -0.2) is 22.5 Å². The van der Waals surface area contributed by atoms with Crippen LogP contribution in [0.3, 0.4) is 0 Å². The van der Waals surface area contributed by atoms with Crippen LogP contribution in [0.4, 0.5) is 5.69 Å². The summed E-state index contributed by atoms with van der Waals surface area (Å²) >= 11 is 6.15. The van der Waals surface area contributed by atoms with E-state index in [9.17, 15) is 4.79 Å². The molecule has 5 nitrogen and oxygen atoms in total. The van der Waals surface area contributed by atoms with Crippen molar-refractivity contribution < 1.29 is 9.53 Å². The van der Waals surface area contributed by atoms with Crippen molar-refractivity contribution in [2.75, 3.05) is 12.3 Å². The number of hydrogen-bond acceptors (Lipinski definition) is 5. The third-order valence-corrected chi connectivity index (χ3v) is 2.30. The Kier molecular flexibility index (Phi) is 3.82. The van der Waals surface area contributed by atoms with E-state index in [0.717, 1.165) is 0 Å². The van der Waals surface area contributed by atoms with Crippen LogP contribution in [-0.2, 0) is 4.74 Å². The molecule has 2 N–H and O–H groups in total. The van der Waals surface area contributed by atoms with E-state index in [0.29, 0.717) is 4.60 Å². The van der Waals surface area contributed by atoms with Gasteiger partial charge in [-0.05, 0) is 38.8 Å². The molecule has 7 heteroatoms. The van der Waals surface area contributed by atoms with E-state index in [4.69, 9.17) is 10.5 Å². The maximum atomic E-state index is 11.3. The number of hydrogen-bond donors (Lipinski definition) is 1. The number of aromatic nitrogens is 2. The summed E-state index contributed by atoms with van der Waals surface area (Å²) in [6.45, 7) is 1.98. The molecule has 0 aliphatic heterocycles. The zero-order valence-electron chi connectivity index (χ0n) is 7.25. The van der Waals surface area contributed by atoms with Gasteiger partial charge in [-0.3, -0.25) is 0 Å². The van der Waals surface area contributed by atoms with Crippen molar-refractivity contribution in [2.45, 2.75) is 6.92 Å². The quantitative estimate of drug-likeness (QED) is 0.509. The first-order valence-corrected chi connectivity index (χ1v) is 5.30. The molecule has 0 amide bonds. The second kappa shape index (κ2) is 4.70. The fraction of sp³-hybridized carbons (Fsp3) is 0.286. The van der Waals surface area contributed by atoms with Crippen LogP contribution in [0.2, 0.25) is 0 Å². The molecule has 1 rings (SSSR count). The van der Waals surface area contributed by atoms with Crippen molar-refractivity contribution in [3.8, 4) is 0 Å². The van der Waals surface area contributed by atoms with Crippen molar-refractivity contribution in [3.63, 3.8) is 0 Å². The minimum atomic E-state index is -0.561. The van der Waals surface area contributed by atoms with Crippen LogP contribution in [0, 0.1) is 0 Å². The predicted octanol–water partition coefficient (Wildman–Crippen LogP) is 1.76. The Labute approximate surface area is 97.3 Å². The number of nitrogen functional groups attached to an aromatic ring is 1. The van der Waals surface area contributed by atoms with E-state index >= 15 is 0 Å². The lowest BCUT2D eigenvalue weighted by Gasteiger charge is -2.05. The maximum absolute atomic E-state index is 11.3. The molecular formula is C7H7Br2N3O2. The number of anilines is 1. The van der Waals surface area contributed by atoms with Gasteiger partial charge in [0, 0.05) is 0 Å². The Morgan fingerprint density at radius 3 is 2.71 bits per heavy atom. The van der Waals surface area contributed by atoms with Crippen LogP contribution in [0.25, 0.3) is 0 Å². The number of halogens is 2. The molecule has 1 aromatic rings. The van der Waals surface area contributed by atoms with Crippen molar-refractivity contribution in [3.05, 3.63) is 15.0 Å². The minimum absolute atomic E-state index is 0.0561. The van der Waals surface area contributed by atoms with Gasteiger partial charge in [-0.15, -0.1) is 0 Å². The Balaban J connectivity index is 3.13. The maximum Gasteiger partial charge on any atom is 0.359 e. The fourth-order valence-corrected chi connectivity index (χ4v) is 1.72. The Bertz CT molecular complexity index is 370. The number of carbonyl (C=O) groups is 1. The van der Waals surface area contributed by atoms with E-state index in [1.54, 1.807) is 6.92 Å². The first kappa shape index (κ1) is 11.4. The van der Waals surface area contributed by atoms with Gasteiger partial charge in [0.1, 0.15) is 4.60 Å². The second-order valence-corrected chi connectivity index (χ2v) is 3.73. The number of nitrogens with zero attached hydrogens (tertiary/aromatic N) is 2. The molecule has 0 fully saturated rings. The number of rotatable bonds is 2. The number of ether oxygens (including phenoxy) is 1. The van der Waals surface area contributed by atoms with Gasteiger partial charge < -0.3 is 10.5 Å². The highest BCUT2D eigenvalue weighted by atomic mass is 79.9. The second-order valence-electron chi connectivity index (χ2n) is 2.27. The van der Waals surface area contributed by atoms with Gasteiger partial charge in [-0.2, -0.15) is 0 Å². The van der Waals surface area contributed by atoms with Crippen molar-refractivity contribution in [1.29, 1.82) is 0 Å². The van der Waals surface area contributed by atoms with Crippen LogP contribution < -0.4 is 5.73 Å². The molecule has 0 spiro atoms. The molecular weight excluding hydrogens is 318 g/mol. The highest BCUT2D eigenvalue weighted by Gasteiger charge is 2.16. The molecule has 0 saturated heterocycles. The fourth-order valence-electron chi connectivity index (χ4n) is 0.771. The number of nitrogens with two attached hydrogens (primary N) is 1. The summed E-state index contributed by atoms with van der Waals surface area (Å²) in [4.78, 5) is 19.0. The highest BCUT2D eigenvalue weighted by Crippen LogP contribution is 2.22. The lowest BCUT2D eigenvalue weighted by atomic mass is 10.3. The molecule has 0 saturated carbocycles. The summed E-state index contributed by atoms with van der Waals surface area (Å²) in [5.41, 5.74) is 5.82. The standard InChI is InChI=1S/C7H7Br2N3O2/c1-2-14-6(13)4-3(10)5(8)12-7(9)11-4/h2,10H2,1H3. The molecule has 0 unspecified atom stereocenters. The smallest absolute Gasteiger partial charge is 0.359 e. The number of esters is 1. The zero-order chi connectivity index (χ0) is 10.7. The highest BCUT2D eigenvalue weighted by molar-refractivity contribution is 9.11. The molecule has 0 aromatic carbocycles. The lowest BCUT2D eigenvalue weighted by Crippen LogP contribution is -2.12. The zero-order valence-corrected chi connectivity index (χ0v) is 10.4. The normalized spacial score (nSPS) is 9.93. The van der Waals surface area contributed by atoms with E-state index in [-0.39, 0.29) is 22.7 Å². The van der Waals surface area contributed by atoms with Crippen LogP contribution in [0.15, 0.2) is 9.34 Å². The predicted molar refractivity (Wildman–Crippen MR) is 57.8 cm³/mol. The third kappa shape index (κ3) is 2.42. The Morgan fingerprint density at radius 1 is 1.50 bits per heavy atom. The summed E-state index contributed by atoms with van der Waals surface area (Å²) in [6, 6.07) is 0. The van der Waals surface area contributed by atoms with E-state index in [2.05, 4.69) is 41.8 Å². The SMILES string of the molecule is CCOC(=O)c1nc(Br)nc(Br)c1N. The van der Waals surface area contributed by atoms with E-state index in [1.165, 1.54) is 0 Å². The molecule has 76 valence electrons. The van der Waals surface area contributed by atoms with E-state index < -0.39 is 5.97 Å². The molecule has 0 aliphatic carbocycles. The van der Waals surface area contributed by atoms with Gasteiger partial charge in [0.2, 0.25) is 0 Å². The van der Waals surface area contributed by atoms with Gasteiger partial charge in [-0.1, -0.05) is 0 Å². The summed E-state index contributed by atoms with van der Waals surface area (Å²) in [5.74, 6) is -0.561. The minimum Gasteiger partial charge on any atom is -0.461 e. The largest absolute Gasteiger partial charge is 0.461 e. The van der Waals surface area contributed by atoms with E-state index in [1.807, 2.05) is 0 Å². The van der Waals surface area contributed by atoms with Gasteiger partial charge in [-0.25, -0.2) is 14.8 Å². The van der Waals surface area contributed by atoms with Gasteiger partial charge in [0.25, 0.3) is 0 Å². The van der Waals surface area contributed by atoms with Gasteiger partial charge >= 0.3 is 5.97 Å². The average molecular weight is 325 g/mol. The molecule has 0 bridgehead atoms. The Morgan fingerprint density at radius 2 is 2.14 bits per heavy atom. The first-order chi connectivity index (χ1) is 6.56. The molecule has 14 heavy (non-hydrogen) atoms. The third-order valence-electron chi connectivity index (χ3n) is 1.34. The topological polar surface area (TPSA) is 78.1 Å². The molecule has 0 atom stereocenters. The summed E-state index contributed by atoms with van der Waals surface area (Å²) in [7, 11) is 0. The average Bonchev–Trinajstić information content (AvgIpc) is 2.11. The van der Waals surface area contributed by atoms with Gasteiger partial charge in [0.15, 0.2) is 10.4 Å².